The van der Waals surface area contributed by atoms with Crippen LogP contribution in [0.3, 0.4) is 0 Å². The largest absolute Gasteiger partial charge is 0.392 e. The zero-order valence-electron chi connectivity index (χ0n) is 18.4. The highest BCUT2D eigenvalue weighted by atomic mass is 35.5. The van der Waals surface area contributed by atoms with E-state index >= 15 is 0 Å². The highest BCUT2D eigenvalue weighted by Crippen LogP contribution is 2.44. The maximum atomic E-state index is 10.3. The topological polar surface area (TPSA) is 66.7 Å². The average molecular weight is 507 g/mol. The fourth-order valence-electron chi connectivity index (χ4n) is 4.38. The predicted molar refractivity (Wildman–Crippen MR) is 141 cm³/mol. The molecule has 0 bridgehead atoms. The van der Waals surface area contributed by atoms with Crippen LogP contribution < -0.4 is 0 Å². The maximum Gasteiger partial charge on any atom is 0.195 e. The minimum atomic E-state index is -0.126. The second-order valence-corrected chi connectivity index (χ2v) is 9.29. The molecule has 0 saturated heterocycles. The van der Waals surface area contributed by atoms with Gasteiger partial charge in [-0.2, -0.15) is 5.10 Å². The van der Waals surface area contributed by atoms with Crippen LogP contribution in [-0.4, -0.2) is 24.9 Å². The van der Waals surface area contributed by atoms with E-state index in [9.17, 15) is 5.11 Å². The lowest BCUT2D eigenvalue weighted by Crippen LogP contribution is -2.03. The first kappa shape index (κ1) is 22.7. The zero-order chi connectivity index (χ0) is 24.0. The van der Waals surface area contributed by atoms with E-state index < -0.39 is 0 Å². The van der Waals surface area contributed by atoms with E-state index in [2.05, 4.69) is 10.2 Å². The van der Waals surface area contributed by atoms with Gasteiger partial charge in [-0.25, -0.2) is 0 Å². The summed E-state index contributed by atoms with van der Waals surface area (Å²) in [5, 5.41) is 19.8. The molecule has 0 aliphatic rings. The van der Waals surface area contributed by atoms with Gasteiger partial charge in [-0.15, -0.1) is 0 Å². The summed E-state index contributed by atoms with van der Waals surface area (Å²) in [6.07, 6.45) is 0. The second kappa shape index (κ2) is 8.96. The molecule has 5 aromatic rings. The van der Waals surface area contributed by atoms with Crippen molar-refractivity contribution >= 4 is 46.3 Å². The first-order valence-electron chi connectivity index (χ1n) is 10.6. The van der Waals surface area contributed by atoms with Crippen molar-refractivity contribution in [2.75, 3.05) is 0 Å². The predicted octanol–water partition coefficient (Wildman–Crippen LogP) is 7.13. The SMILES string of the molecule is Cc1nc2ccc(CO)c(-c3ccc(Cl)cc3)c2c(-c2cccc(Cl)c2)c1-c1n[nH]c(=S)n1C. The molecule has 0 unspecified atom stereocenters. The zero-order valence-corrected chi connectivity index (χ0v) is 20.8. The molecule has 2 heterocycles. The number of benzene rings is 3. The van der Waals surface area contributed by atoms with Gasteiger partial charge in [-0.3, -0.25) is 10.1 Å². The summed E-state index contributed by atoms with van der Waals surface area (Å²) in [5.74, 6) is 0.670. The molecule has 3 aromatic carbocycles. The molecule has 5 rings (SSSR count). The van der Waals surface area contributed by atoms with E-state index in [4.69, 9.17) is 40.4 Å². The summed E-state index contributed by atoms with van der Waals surface area (Å²) in [4.78, 5) is 4.95. The number of aliphatic hydroxyl groups excluding tert-OH is 1. The van der Waals surface area contributed by atoms with Crippen molar-refractivity contribution in [1.82, 2.24) is 19.7 Å². The third-order valence-corrected chi connectivity index (χ3v) is 6.79. The van der Waals surface area contributed by atoms with E-state index in [0.717, 1.165) is 50.0 Å². The summed E-state index contributed by atoms with van der Waals surface area (Å²) in [5.41, 5.74) is 6.87. The lowest BCUT2D eigenvalue weighted by Gasteiger charge is -2.20. The number of aromatic amines is 1. The number of aromatic nitrogens is 4. The number of H-pyrrole nitrogens is 1. The van der Waals surface area contributed by atoms with Gasteiger partial charge in [0.25, 0.3) is 0 Å². The summed E-state index contributed by atoms with van der Waals surface area (Å²) in [7, 11) is 1.87. The fourth-order valence-corrected chi connectivity index (χ4v) is 4.83. The summed E-state index contributed by atoms with van der Waals surface area (Å²) >= 11 is 18.0. The minimum Gasteiger partial charge on any atom is -0.392 e. The van der Waals surface area contributed by atoms with Crippen LogP contribution in [0.4, 0.5) is 0 Å². The Morgan fingerprint density at radius 1 is 0.941 bits per heavy atom. The van der Waals surface area contributed by atoms with Gasteiger partial charge in [0.1, 0.15) is 0 Å². The lowest BCUT2D eigenvalue weighted by atomic mass is 9.87. The van der Waals surface area contributed by atoms with Gasteiger partial charge in [0.2, 0.25) is 0 Å². The number of nitrogens with one attached hydrogen (secondary N) is 1. The molecule has 0 amide bonds. The third-order valence-electron chi connectivity index (χ3n) is 5.94. The molecule has 0 radical (unpaired) electrons. The number of rotatable bonds is 4. The maximum absolute atomic E-state index is 10.3. The Balaban J connectivity index is 2.03. The van der Waals surface area contributed by atoms with Gasteiger partial charge >= 0.3 is 0 Å². The van der Waals surface area contributed by atoms with E-state index in [1.807, 2.05) is 79.2 Å². The van der Waals surface area contributed by atoms with Gasteiger partial charge in [-0.1, -0.05) is 53.5 Å². The quantitative estimate of drug-likeness (QED) is 0.254. The number of pyridine rings is 1. The van der Waals surface area contributed by atoms with Gasteiger partial charge in [0.15, 0.2) is 10.6 Å². The van der Waals surface area contributed by atoms with Crippen molar-refractivity contribution in [2.45, 2.75) is 13.5 Å². The Bertz CT molecular complexity index is 1610. The summed E-state index contributed by atoms with van der Waals surface area (Å²) in [6, 6.07) is 19.1. The highest BCUT2D eigenvalue weighted by molar-refractivity contribution is 7.71. The number of nitrogens with zero attached hydrogens (tertiary/aromatic N) is 3. The van der Waals surface area contributed by atoms with E-state index in [-0.39, 0.29) is 6.61 Å². The molecule has 34 heavy (non-hydrogen) atoms. The molecule has 0 spiro atoms. The van der Waals surface area contributed by atoms with Crippen LogP contribution in [0.15, 0.2) is 60.7 Å². The Labute approximate surface area is 211 Å². The molecule has 0 fully saturated rings. The number of halogens is 2. The molecule has 0 aliphatic carbocycles. The smallest absolute Gasteiger partial charge is 0.195 e. The van der Waals surface area contributed by atoms with Crippen LogP contribution in [0.25, 0.3) is 44.5 Å². The van der Waals surface area contributed by atoms with E-state index in [0.29, 0.717) is 20.6 Å². The van der Waals surface area contributed by atoms with E-state index in [1.165, 1.54) is 0 Å². The molecule has 2 aromatic heterocycles. The second-order valence-electron chi connectivity index (χ2n) is 8.03. The van der Waals surface area contributed by atoms with Crippen LogP contribution >= 0.6 is 35.4 Å². The van der Waals surface area contributed by atoms with Crippen molar-refractivity contribution in [3.63, 3.8) is 0 Å². The number of hydrogen-bond donors (Lipinski definition) is 2. The molecule has 0 atom stereocenters. The van der Waals surface area contributed by atoms with Crippen molar-refractivity contribution in [3.8, 4) is 33.6 Å². The van der Waals surface area contributed by atoms with Crippen molar-refractivity contribution < 1.29 is 5.11 Å². The number of aryl methyl sites for hydroxylation is 1. The van der Waals surface area contributed by atoms with Crippen LogP contribution in [0.5, 0.6) is 0 Å². The van der Waals surface area contributed by atoms with Crippen LogP contribution in [0.2, 0.25) is 10.0 Å². The first-order chi connectivity index (χ1) is 16.4. The number of aliphatic hydroxyl groups is 1. The van der Waals surface area contributed by atoms with Crippen molar-refractivity contribution in [1.29, 1.82) is 0 Å². The summed E-state index contributed by atoms with van der Waals surface area (Å²) < 4.78 is 2.34. The standard InChI is InChI=1S/C26H20Cl2N4OS/c1-14-21(25-30-31-26(34)32(25)2)23(16-4-3-5-19(28)12-16)24-20(29-14)11-8-17(13-33)22(24)15-6-9-18(27)10-7-15/h3-12,33H,13H2,1-2H3,(H,31,34). The molecule has 170 valence electrons. The van der Waals surface area contributed by atoms with Gasteiger partial charge in [0.05, 0.1) is 12.1 Å². The van der Waals surface area contributed by atoms with E-state index in [1.54, 1.807) is 0 Å². The molecular weight excluding hydrogens is 487 g/mol. The van der Waals surface area contributed by atoms with Crippen LogP contribution in [0, 0.1) is 11.7 Å². The average Bonchev–Trinajstić information content (AvgIpc) is 3.16. The Morgan fingerprint density at radius 2 is 1.71 bits per heavy atom. The van der Waals surface area contributed by atoms with Gasteiger partial charge in [-0.05, 0) is 71.7 Å². The van der Waals surface area contributed by atoms with Crippen molar-refractivity contribution in [3.05, 3.63) is 86.7 Å². The highest BCUT2D eigenvalue weighted by Gasteiger charge is 2.23. The number of hydrogen-bond acceptors (Lipinski definition) is 4. The van der Waals surface area contributed by atoms with Gasteiger partial charge in [0, 0.05) is 39.3 Å². The van der Waals surface area contributed by atoms with Gasteiger partial charge < -0.3 is 9.67 Å². The molecule has 0 aliphatic heterocycles. The van der Waals surface area contributed by atoms with Crippen LogP contribution in [-0.2, 0) is 13.7 Å². The Kier molecular flexibility index (Phi) is 6.00. The lowest BCUT2D eigenvalue weighted by molar-refractivity contribution is 0.282. The Morgan fingerprint density at radius 3 is 2.35 bits per heavy atom. The first-order valence-corrected chi connectivity index (χ1v) is 11.8. The number of fused-ring (bicyclic) bond motifs is 1. The molecule has 8 heteroatoms. The minimum absolute atomic E-state index is 0.126. The monoisotopic (exact) mass is 506 g/mol. The molecule has 2 N–H and O–H groups in total. The molecule has 5 nitrogen and oxygen atoms in total. The molecule has 0 saturated carbocycles. The Hall–Kier alpha value is -3.03. The third kappa shape index (κ3) is 3.83. The van der Waals surface area contributed by atoms with Crippen LogP contribution in [0.1, 0.15) is 11.3 Å². The van der Waals surface area contributed by atoms with Crippen molar-refractivity contribution in [2.24, 2.45) is 7.05 Å². The summed E-state index contributed by atoms with van der Waals surface area (Å²) in [6.45, 7) is 1.83. The fraction of sp³-hybridized carbons (Fsp3) is 0.115. The molecular formula is C26H20Cl2N4OS. The normalized spacial score (nSPS) is 11.3.